The zero-order valence-electron chi connectivity index (χ0n) is 17.4. The molecular formula is C24H26FN3O2. The van der Waals surface area contributed by atoms with Gasteiger partial charge in [-0.2, -0.15) is 0 Å². The van der Waals surface area contributed by atoms with Crippen molar-refractivity contribution in [3.05, 3.63) is 78.1 Å². The van der Waals surface area contributed by atoms with Crippen molar-refractivity contribution in [3.8, 4) is 0 Å². The predicted octanol–water partition coefficient (Wildman–Crippen LogP) is 4.96. The second kappa shape index (κ2) is 9.39. The van der Waals surface area contributed by atoms with E-state index in [1.54, 1.807) is 19.2 Å². The number of halogens is 1. The van der Waals surface area contributed by atoms with Gasteiger partial charge in [-0.15, -0.1) is 0 Å². The summed E-state index contributed by atoms with van der Waals surface area (Å²) in [7, 11) is 1.57. The first kappa shape index (κ1) is 21.3. The molecule has 156 valence electrons. The second-order valence-electron chi connectivity index (χ2n) is 7.65. The molecule has 1 unspecified atom stereocenters. The lowest BCUT2D eigenvalue weighted by atomic mass is 9.96. The number of nitrogens with one attached hydrogen (secondary N) is 2. The number of hydrogen-bond acceptors (Lipinski definition) is 2. The fourth-order valence-electron chi connectivity index (χ4n) is 3.36. The normalized spacial score (nSPS) is 11.9. The first-order chi connectivity index (χ1) is 14.3. The van der Waals surface area contributed by atoms with Gasteiger partial charge < -0.3 is 15.5 Å². The first-order valence-electron chi connectivity index (χ1n) is 9.90. The molecule has 0 radical (unpaired) electrons. The van der Waals surface area contributed by atoms with Crippen LogP contribution in [-0.4, -0.2) is 30.4 Å². The van der Waals surface area contributed by atoms with Crippen molar-refractivity contribution in [1.82, 2.24) is 10.2 Å². The van der Waals surface area contributed by atoms with E-state index >= 15 is 0 Å². The molecule has 0 aliphatic heterocycles. The van der Waals surface area contributed by atoms with Crippen LogP contribution >= 0.6 is 0 Å². The standard InChI is InChI=1S/C24H26FN3O2/c1-16(2)23(18-11-13-19(25)14-12-18)27-24(30)28(3)15-22(29)26-21-10-6-8-17-7-4-5-9-20(17)21/h4-14,16,23H,15H2,1-3H3,(H,26,29)(H,27,30). The van der Waals surface area contributed by atoms with Gasteiger partial charge in [0, 0.05) is 18.1 Å². The molecule has 2 N–H and O–H groups in total. The summed E-state index contributed by atoms with van der Waals surface area (Å²) in [6.45, 7) is 3.85. The lowest BCUT2D eigenvalue weighted by Gasteiger charge is -2.26. The molecule has 0 fully saturated rings. The van der Waals surface area contributed by atoms with Crippen molar-refractivity contribution in [2.75, 3.05) is 18.9 Å². The summed E-state index contributed by atoms with van der Waals surface area (Å²) >= 11 is 0. The summed E-state index contributed by atoms with van der Waals surface area (Å²) in [4.78, 5) is 26.5. The van der Waals surface area contributed by atoms with Crippen molar-refractivity contribution < 1.29 is 14.0 Å². The molecule has 0 bridgehead atoms. The van der Waals surface area contributed by atoms with E-state index in [4.69, 9.17) is 0 Å². The molecule has 3 aromatic carbocycles. The molecule has 0 saturated carbocycles. The molecule has 30 heavy (non-hydrogen) atoms. The van der Waals surface area contributed by atoms with Gasteiger partial charge in [-0.3, -0.25) is 4.79 Å². The second-order valence-corrected chi connectivity index (χ2v) is 7.65. The summed E-state index contributed by atoms with van der Waals surface area (Å²) in [5.41, 5.74) is 1.52. The van der Waals surface area contributed by atoms with Crippen molar-refractivity contribution in [1.29, 1.82) is 0 Å². The number of likely N-dealkylation sites (N-methyl/N-ethyl adjacent to an activating group) is 1. The molecule has 5 nitrogen and oxygen atoms in total. The van der Waals surface area contributed by atoms with Crippen molar-refractivity contribution in [3.63, 3.8) is 0 Å². The third kappa shape index (κ3) is 5.14. The van der Waals surface area contributed by atoms with E-state index in [1.807, 2.05) is 56.3 Å². The van der Waals surface area contributed by atoms with Crippen LogP contribution in [0, 0.1) is 11.7 Å². The van der Waals surface area contributed by atoms with Crippen LogP contribution in [-0.2, 0) is 4.79 Å². The summed E-state index contributed by atoms with van der Waals surface area (Å²) in [5.74, 6) is -0.515. The Hall–Kier alpha value is -3.41. The smallest absolute Gasteiger partial charge is 0.318 e. The monoisotopic (exact) mass is 407 g/mol. The summed E-state index contributed by atoms with van der Waals surface area (Å²) in [5, 5.41) is 7.79. The summed E-state index contributed by atoms with van der Waals surface area (Å²) in [6.07, 6.45) is 0. The van der Waals surface area contributed by atoms with Crippen LogP contribution in [0.3, 0.4) is 0 Å². The first-order valence-corrected chi connectivity index (χ1v) is 9.90. The fraction of sp³-hybridized carbons (Fsp3) is 0.250. The molecule has 0 aromatic heterocycles. The van der Waals surface area contributed by atoms with E-state index in [9.17, 15) is 14.0 Å². The quantitative estimate of drug-likeness (QED) is 0.607. The molecule has 0 heterocycles. The Morgan fingerprint density at radius 2 is 1.63 bits per heavy atom. The van der Waals surface area contributed by atoms with E-state index in [1.165, 1.54) is 17.0 Å². The van der Waals surface area contributed by atoms with Crippen LogP contribution in [0.25, 0.3) is 10.8 Å². The number of carbonyl (C=O) groups excluding carboxylic acids is 2. The molecule has 0 aliphatic carbocycles. The van der Waals surface area contributed by atoms with E-state index in [0.717, 1.165) is 16.3 Å². The van der Waals surface area contributed by atoms with Crippen molar-refractivity contribution in [2.24, 2.45) is 5.92 Å². The SMILES string of the molecule is CC(C)C(NC(=O)N(C)CC(=O)Nc1cccc2ccccc12)c1ccc(F)cc1. The average molecular weight is 407 g/mol. The lowest BCUT2D eigenvalue weighted by molar-refractivity contribution is -0.116. The highest BCUT2D eigenvalue weighted by atomic mass is 19.1. The van der Waals surface area contributed by atoms with Crippen LogP contribution < -0.4 is 10.6 Å². The molecule has 3 rings (SSSR count). The highest BCUT2D eigenvalue weighted by Gasteiger charge is 2.21. The zero-order chi connectivity index (χ0) is 21.7. The number of carbonyl (C=O) groups is 2. The number of anilines is 1. The van der Waals surface area contributed by atoms with E-state index in [0.29, 0.717) is 5.69 Å². The number of rotatable bonds is 6. The minimum absolute atomic E-state index is 0.0940. The van der Waals surface area contributed by atoms with Crippen molar-refractivity contribution in [2.45, 2.75) is 19.9 Å². The van der Waals surface area contributed by atoms with Gasteiger partial charge in [-0.1, -0.05) is 62.4 Å². The minimum Gasteiger partial charge on any atom is -0.331 e. The van der Waals surface area contributed by atoms with E-state index in [-0.39, 0.29) is 36.3 Å². The molecule has 3 aromatic rings. The van der Waals surface area contributed by atoms with E-state index in [2.05, 4.69) is 10.6 Å². The Morgan fingerprint density at radius 3 is 2.33 bits per heavy atom. The Morgan fingerprint density at radius 1 is 0.967 bits per heavy atom. The molecule has 0 spiro atoms. The maximum absolute atomic E-state index is 13.2. The maximum Gasteiger partial charge on any atom is 0.318 e. The van der Waals surface area contributed by atoms with Gasteiger partial charge in [0.1, 0.15) is 12.4 Å². The average Bonchev–Trinajstić information content (AvgIpc) is 2.72. The molecule has 0 aliphatic rings. The van der Waals surface area contributed by atoms with Gasteiger partial charge in [0.05, 0.1) is 6.04 Å². The third-order valence-corrected chi connectivity index (χ3v) is 4.97. The number of nitrogens with zero attached hydrogens (tertiary/aromatic N) is 1. The van der Waals surface area contributed by atoms with Gasteiger partial charge in [-0.05, 0) is 35.1 Å². The molecule has 3 amide bonds. The number of urea groups is 1. The van der Waals surface area contributed by atoms with Crippen LogP contribution in [0.15, 0.2) is 66.7 Å². The van der Waals surface area contributed by atoms with Crippen molar-refractivity contribution >= 4 is 28.4 Å². The Bertz CT molecular complexity index is 1030. The number of hydrogen-bond donors (Lipinski definition) is 2. The Labute approximate surface area is 175 Å². The highest BCUT2D eigenvalue weighted by molar-refractivity contribution is 6.03. The van der Waals surface area contributed by atoms with Gasteiger partial charge in [0.15, 0.2) is 0 Å². The van der Waals surface area contributed by atoms with Gasteiger partial charge >= 0.3 is 6.03 Å². The Balaban J connectivity index is 1.64. The molecular weight excluding hydrogens is 381 g/mol. The zero-order valence-corrected chi connectivity index (χ0v) is 17.4. The van der Waals surface area contributed by atoms with Crippen LogP contribution in [0.1, 0.15) is 25.5 Å². The third-order valence-electron chi connectivity index (χ3n) is 4.97. The van der Waals surface area contributed by atoms with E-state index < -0.39 is 0 Å². The number of fused-ring (bicyclic) bond motifs is 1. The largest absolute Gasteiger partial charge is 0.331 e. The van der Waals surface area contributed by atoms with Crippen LogP contribution in [0.2, 0.25) is 0 Å². The van der Waals surface area contributed by atoms with Gasteiger partial charge in [-0.25, -0.2) is 9.18 Å². The minimum atomic E-state index is -0.369. The molecule has 1 atom stereocenters. The molecule has 0 saturated heterocycles. The van der Waals surface area contributed by atoms with Gasteiger partial charge in [0.2, 0.25) is 5.91 Å². The number of amides is 3. The molecule has 6 heteroatoms. The summed E-state index contributed by atoms with van der Waals surface area (Å²) < 4.78 is 13.2. The van der Waals surface area contributed by atoms with Gasteiger partial charge in [0.25, 0.3) is 0 Å². The Kier molecular flexibility index (Phi) is 6.67. The number of benzene rings is 3. The maximum atomic E-state index is 13.2. The topological polar surface area (TPSA) is 61.4 Å². The predicted molar refractivity (Wildman–Crippen MR) is 118 cm³/mol. The highest BCUT2D eigenvalue weighted by Crippen LogP contribution is 2.23. The van der Waals surface area contributed by atoms with Crippen LogP contribution in [0.4, 0.5) is 14.9 Å². The fourth-order valence-corrected chi connectivity index (χ4v) is 3.36. The van der Waals surface area contributed by atoms with Crippen LogP contribution in [0.5, 0.6) is 0 Å². The lowest BCUT2D eigenvalue weighted by Crippen LogP contribution is -2.44. The summed E-state index contributed by atoms with van der Waals surface area (Å²) in [6, 6.07) is 18.9.